The van der Waals surface area contributed by atoms with E-state index in [4.69, 9.17) is 23.2 Å². The molecule has 0 radical (unpaired) electrons. The van der Waals surface area contributed by atoms with Crippen LogP contribution in [0.4, 0.5) is 0 Å². The first kappa shape index (κ1) is 19.1. The van der Waals surface area contributed by atoms with E-state index in [9.17, 15) is 14.7 Å². The van der Waals surface area contributed by atoms with Crippen molar-refractivity contribution in [2.45, 2.75) is 18.1 Å². The highest BCUT2D eigenvalue weighted by Crippen LogP contribution is 2.65. The average Bonchev–Trinajstić information content (AvgIpc) is 3.02. The first-order valence-electron chi connectivity index (χ1n) is 10.1. The van der Waals surface area contributed by atoms with Gasteiger partial charge in [-0.05, 0) is 39.9 Å². The number of rotatable bonds is 2. The van der Waals surface area contributed by atoms with Crippen molar-refractivity contribution in [1.82, 2.24) is 4.90 Å². The number of likely N-dealkylation sites (tertiary alicyclic amines) is 1. The second-order valence-corrected chi connectivity index (χ2v) is 9.21. The minimum atomic E-state index is -1.67. The van der Waals surface area contributed by atoms with Crippen molar-refractivity contribution in [3.8, 4) is 0 Å². The molecule has 1 N–H and O–H groups in total. The number of halogens is 2. The van der Waals surface area contributed by atoms with Gasteiger partial charge in [-0.1, -0.05) is 77.8 Å². The summed E-state index contributed by atoms with van der Waals surface area (Å²) in [6.45, 7) is 0.169. The molecule has 2 unspecified atom stereocenters. The lowest BCUT2D eigenvalue weighted by Gasteiger charge is -2.51. The summed E-state index contributed by atoms with van der Waals surface area (Å²) < 4.78 is 0. The number of amides is 2. The normalized spacial score (nSPS) is 27.8. The number of hydrogen-bond acceptors (Lipinski definition) is 3. The zero-order valence-electron chi connectivity index (χ0n) is 16.3. The van der Waals surface area contributed by atoms with Crippen LogP contribution in [0.5, 0.6) is 0 Å². The first-order chi connectivity index (χ1) is 14.9. The van der Waals surface area contributed by atoms with Gasteiger partial charge in [-0.15, -0.1) is 0 Å². The molecular formula is C25H17Cl2NO3. The standard InChI is InChI=1S/C25H17Cl2NO3/c26-16-10-4-8-14-18(16)20-19-15(9-5-11-17(19)27)25(14,31)22-21(20)23(29)28(24(22)30)12-13-6-2-1-3-7-13/h1-11,20-22,31H,12H2. The molecule has 1 heterocycles. The summed E-state index contributed by atoms with van der Waals surface area (Å²) >= 11 is 13.2. The van der Waals surface area contributed by atoms with Crippen molar-refractivity contribution in [1.29, 1.82) is 0 Å². The van der Waals surface area contributed by atoms with E-state index < -0.39 is 23.4 Å². The van der Waals surface area contributed by atoms with Gasteiger partial charge in [-0.25, -0.2) is 0 Å². The maximum Gasteiger partial charge on any atom is 0.237 e. The smallest absolute Gasteiger partial charge is 0.237 e. The molecule has 31 heavy (non-hydrogen) atoms. The Morgan fingerprint density at radius 1 is 0.806 bits per heavy atom. The summed E-state index contributed by atoms with van der Waals surface area (Å²) in [5.74, 6) is -2.80. The molecule has 3 aromatic carbocycles. The maximum absolute atomic E-state index is 13.6. The number of nitrogens with zero attached hydrogens (tertiary/aromatic N) is 1. The molecule has 2 amide bonds. The van der Waals surface area contributed by atoms with Crippen LogP contribution in [0.3, 0.4) is 0 Å². The van der Waals surface area contributed by atoms with Crippen molar-refractivity contribution >= 4 is 35.0 Å². The topological polar surface area (TPSA) is 57.6 Å². The lowest BCUT2D eigenvalue weighted by Crippen LogP contribution is -2.53. The quantitative estimate of drug-likeness (QED) is 0.586. The molecule has 1 aliphatic heterocycles. The number of carbonyl (C=O) groups excluding carboxylic acids is 2. The van der Waals surface area contributed by atoms with E-state index in [-0.39, 0.29) is 18.4 Å². The fourth-order valence-corrected chi connectivity index (χ4v) is 6.39. The molecule has 0 spiro atoms. The summed E-state index contributed by atoms with van der Waals surface area (Å²) in [4.78, 5) is 28.5. The molecular weight excluding hydrogens is 433 g/mol. The van der Waals surface area contributed by atoms with Crippen LogP contribution in [0, 0.1) is 11.8 Å². The minimum Gasteiger partial charge on any atom is -0.379 e. The zero-order valence-corrected chi connectivity index (χ0v) is 17.8. The van der Waals surface area contributed by atoms with Gasteiger partial charge in [0, 0.05) is 16.0 Å². The third-order valence-corrected chi connectivity index (χ3v) is 7.64. The van der Waals surface area contributed by atoms with Gasteiger partial charge < -0.3 is 5.11 Å². The second kappa shape index (κ2) is 6.42. The summed E-state index contributed by atoms with van der Waals surface area (Å²) in [5.41, 5.74) is 1.74. The van der Waals surface area contributed by atoms with E-state index in [1.165, 1.54) is 4.90 Å². The molecule has 7 rings (SSSR count). The van der Waals surface area contributed by atoms with Gasteiger partial charge in [-0.2, -0.15) is 0 Å². The summed E-state index contributed by atoms with van der Waals surface area (Å²) in [6.07, 6.45) is 0. The van der Waals surface area contributed by atoms with Crippen LogP contribution >= 0.6 is 23.2 Å². The third kappa shape index (κ3) is 2.30. The van der Waals surface area contributed by atoms with Crippen molar-refractivity contribution in [2.24, 2.45) is 11.8 Å². The van der Waals surface area contributed by atoms with Gasteiger partial charge in [0.2, 0.25) is 11.8 Å². The predicted octanol–water partition coefficient (Wildman–Crippen LogP) is 4.49. The Bertz CT molecular complexity index is 1220. The minimum absolute atomic E-state index is 0.169. The molecule has 4 nitrogen and oxygen atoms in total. The Labute approximate surface area is 189 Å². The average molecular weight is 450 g/mol. The van der Waals surface area contributed by atoms with Crippen LogP contribution in [-0.2, 0) is 21.7 Å². The van der Waals surface area contributed by atoms with Gasteiger partial charge in [0.1, 0.15) is 5.60 Å². The first-order valence-corrected chi connectivity index (χ1v) is 10.9. The Morgan fingerprint density at radius 3 is 1.97 bits per heavy atom. The SMILES string of the molecule is O=C1C2C3c4c(Cl)cccc4C(O)(c4cccc(Cl)c43)C2C(=O)N1Cc1ccccc1. The van der Waals surface area contributed by atoms with Crippen molar-refractivity contribution in [3.63, 3.8) is 0 Å². The second-order valence-electron chi connectivity index (χ2n) is 8.40. The molecule has 154 valence electrons. The summed E-state index contributed by atoms with van der Waals surface area (Å²) in [6, 6.07) is 20.0. The van der Waals surface area contributed by atoms with Crippen LogP contribution in [0.15, 0.2) is 66.7 Å². The number of carbonyl (C=O) groups is 2. The highest BCUT2D eigenvalue weighted by molar-refractivity contribution is 6.33. The molecule has 3 aromatic rings. The molecule has 3 aliphatic carbocycles. The monoisotopic (exact) mass is 449 g/mol. The van der Waals surface area contributed by atoms with Gasteiger partial charge >= 0.3 is 0 Å². The predicted molar refractivity (Wildman–Crippen MR) is 117 cm³/mol. The molecule has 1 fully saturated rings. The lowest BCUT2D eigenvalue weighted by atomic mass is 9.52. The van der Waals surface area contributed by atoms with E-state index >= 15 is 0 Å². The van der Waals surface area contributed by atoms with Gasteiger partial charge in [-0.3, -0.25) is 14.5 Å². The van der Waals surface area contributed by atoms with Gasteiger partial charge in [0.15, 0.2) is 0 Å². The van der Waals surface area contributed by atoms with Crippen LogP contribution in [0.25, 0.3) is 0 Å². The molecule has 2 atom stereocenters. The highest BCUT2D eigenvalue weighted by Gasteiger charge is 2.68. The Hall–Kier alpha value is -2.66. The molecule has 0 aromatic heterocycles. The molecule has 6 heteroatoms. The Kier molecular flexibility index (Phi) is 3.95. The van der Waals surface area contributed by atoms with Crippen LogP contribution < -0.4 is 0 Å². The Morgan fingerprint density at radius 2 is 1.39 bits per heavy atom. The zero-order chi connectivity index (χ0) is 21.5. The van der Waals surface area contributed by atoms with Gasteiger partial charge in [0.05, 0.1) is 18.4 Å². The van der Waals surface area contributed by atoms with Crippen LogP contribution in [0.2, 0.25) is 10.0 Å². The van der Waals surface area contributed by atoms with Crippen LogP contribution in [-0.4, -0.2) is 21.8 Å². The number of benzene rings is 3. The number of hydrogen-bond donors (Lipinski definition) is 1. The maximum atomic E-state index is 13.6. The number of aliphatic hydroxyl groups is 1. The molecule has 2 bridgehead atoms. The van der Waals surface area contributed by atoms with Crippen LogP contribution in [0.1, 0.15) is 33.7 Å². The molecule has 0 saturated carbocycles. The fourth-order valence-electron chi connectivity index (χ4n) is 5.80. The Balaban J connectivity index is 1.59. The molecule has 1 saturated heterocycles. The van der Waals surface area contributed by atoms with Crippen molar-refractivity contribution in [2.75, 3.05) is 0 Å². The van der Waals surface area contributed by atoms with E-state index in [1.807, 2.05) is 30.3 Å². The lowest BCUT2D eigenvalue weighted by molar-refractivity contribution is -0.142. The third-order valence-electron chi connectivity index (χ3n) is 6.98. The van der Waals surface area contributed by atoms with Crippen molar-refractivity contribution < 1.29 is 14.7 Å². The van der Waals surface area contributed by atoms with E-state index in [1.54, 1.807) is 36.4 Å². The number of imide groups is 1. The largest absolute Gasteiger partial charge is 0.379 e. The fraction of sp³-hybridized carbons (Fsp3) is 0.200. The van der Waals surface area contributed by atoms with E-state index in [0.29, 0.717) is 32.3 Å². The molecule has 4 aliphatic rings. The van der Waals surface area contributed by atoms with E-state index in [0.717, 1.165) is 5.56 Å². The highest BCUT2D eigenvalue weighted by atomic mass is 35.5. The summed E-state index contributed by atoms with van der Waals surface area (Å²) in [7, 11) is 0. The summed E-state index contributed by atoms with van der Waals surface area (Å²) in [5, 5.41) is 13.1. The van der Waals surface area contributed by atoms with Crippen molar-refractivity contribution in [3.05, 3.63) is 105 Å². The van der Waals surface area contributed by atoms with Gasteiger partial charge in [0.25, 0.3) is 0 Å². The van der Waals surface area contributed by atoms with E-state index in [2.05, 4.69) is 0 Å².